The van der Waals surface area contributed by atoms with Gasteiger partial charge in [0.2, 0.25) is 17.7 Å². The first-order valence-corrected chi connectivity index (χ1v) is 7.69. The molecule has 0 aliphatic heterocycles. The van der Waals surface area contributed by atoms with Crippen molar-refractivity contribution >= 4 is 17.7 Å². The fraction of sp³-hybridized carbons (Fsp3) is 0.824. The van der Waals surface area contributed by atoms with Gasteiger partial charge in [-0.05, 0) is 24.7 Å². The highest BCUT2D eigenvalue weighted by molar-refractivity contribution is 5.93. The predicted octanol–water partition coefficient (Wildman–Crippen LogP) is 3.42. The Balaban J connectivity index is -0.000000326. The standard InChI is InChI=1S/C10H21NO.C6H11NO2.CH4/c1-5-8-11-9(12)6-7-10(2,3)4;1-3-4-6(9)7-5(2)8;/h5-8H2,1-4H3,(H,11,12);3-4H2,1-2H3,(H,7,8,9);1H4. The zero-order valence-corrected chi connectivity index (χ0v) is 14.5. The van der Waals surface area contributed by atoms with E-state index in [0.29, 0.717) is 12.8 Å². The maximum Gasteiger partial charge on any atom is 0.226 e. The number of hydrogen-bond donors (Lipinski definition) is 2. The van der Waals surface area contributed by atoms with Gasteiger partial charge in [0, 0.05) is 26.3 Å². The third-order valence-corrected chi connectivity index (χ3v) is 2.47. The van der Waals surface area contributed by atoms with Crippen LogP contribution in [-0.2, 0) is 14.4 Å². The van der Waals surface area contributed by atoms with E-state index in [1.165, 1.54) is 6.92 Å². The van der Waals surface area contributed by atoms with Crippen LogP contribution in [-0.4, -0.2) is 24.3 Å². The molecule has 132 valence electrons. The van der Waals surface area contributed by atoms with Gasteiger partial charge in [0.1, 0.15) is 0 Å². The van der Waals surface area contributed by atoms with Crippen molar-refractivity contribution in [3.63, 3.8) is 0 Å². The molecular weight excluding hydrogens is 280 g/mol. The summed E-state index contributed by atoms with van der Waals surface area (Å²) in [6, 6.07) is 0. The van der Waals surface area contributed by atoms with E-state index in [0.717, 1.165) is 25.8 Å². The average molecular weight is 316 g/mol. The Morgan fingerprint density at radius 1 is 0.909 bits per heavy atom. The molecule has 2 N–H and O–H groups in total. The van der Waals surface area contributed by atoms with Crippen LogP contribution in [0.25, 0.3) is 0 Å². The molecule has 0 bridgehead atoms. The largest absolute Gasteiger partial charge is 0.356 e. The molecule has 3 amide bonds. The van der Waals surface area contributed by atoms with E-state index in [2.05, 4.69) is 38.3 Å². The average Bonchev–Trinajstić information content (AvgIpc) is 2.33. The number of rotatable bonds is 6. The summed E-state index contributed by atoms with van der Waals surface area (Å²) in [5.74, 6) is -0.287. The highest BCUT2D eigenvalue weighted by Crippen LogP contribution is 2.19. The van der Waals surface area contributed by atoms with Gasteiger partial charge < -0.3 is 5.32 Å². The van der Waals surface area contributed by atoms with Crippen LogP contribution < -0.4 is 10.6 Å². The molecule has 0 unspecified atom stereocenters. The molecule has 0 aliphatic rings. The highest BCUT2D eigenvalue weighted by atomic mass is 16.2. The second-order valence-electron chi connectivity index (χ2n) is 6.26. The molecule has 0 aliphatic carbocycles. The van der Waals surface area contributed by atoms with Crippen molar-refractivity contribution in [1.82, 2.24) is 10.6 Å². The summed E-state index contributed by atoms with van der Waals surface area (Å²) in [4.78, 5) is 31.9. The van der Waals surface area contributed by atoms with E-state index < -0.39 is 0 Å². The zero-order valence-electron chi connectivity index (χ0n) is 14.5. The summed E-state index contributed by atoms with van der Waals surface area (Å²) in [7, 11) is 0. The first kappa shape index (κ1) is 25.6. The topological polar surface area (TPSA) is 75.3 Å². The summed E-state index contributed by atoms with van der Waals surface area (Å²) in [5, 5.41) is 5.03. The lowest BCUT2D eigenvalue weighted by Gasteiger charge is -2.17. The van der Waals surface area contributed by atoms with E-state index in [-0.39, 0.29) is 30.6 Å². The number of carbonyl (C=O) groups excluding carboxylic acids is 3. The second-order valence-corrected chi connectivity index (χ2v) is 6.26. The molecule has 0 rings (SSSR count). The van der Waals surface area contributed by atoms with Crippen molar-refractivity contribution < 1.29 is 14.4 Å². The Morgan fingerprint density at radius 2 is 1.45 bits per heavy atom. The zero-order chi connectivity index (χ0) is 16.9. The Kier molecular flexibility index (Phi) is 16.9. The van der Waals surface area contributed by atoms with Crippen molar-refractivity contribution in [3.05, 3.63) is 0 Å². The van der Waals surface area contributed by atoms with Crippen molar-refractivity contribution in [2.45, 2.75) is 81.1 Å². The molecule has 0 fully saturated rings. The second kappa shape index (κ2) is 14.5. The first-order chi connectivity index (χ1) is 9.62. The molecule has 0 aromatic carbocycles. The lowest BCUT2D eigenvalue weighted by molar-refractivity contribution is -0.129. The van der Waals surface area contributed by atoms with E-state index in [1.54, 1.807) is 0 Å². The van der Waals surface area contributed by atoms with Crippen LogP contribution in [0.4, 0.5) is 0 Å². The molecule has 0 aromatic rings. The minimum absolute atomic E-state index is 0. The molecule has 22 heavy (non-hydrogen) atoms. The molecule has 0 aromatic heterocycles. The van der Waals surface area contributed by atoms with Crippen molar-refractivity contribution in [2.75, 3.05) is 6.54 Å². The SMILES string of the molecule is C.CCCC(=O)NC(C)=O.CCCNC(=O)CCC(C)(C)C. The molecule has 5 nitrogen and oxygen atoms in total. The molecule has 0 spiro atoms. The van der Waals surface area contributed by atoms with Crippen LogP contribution in [0.1, 0.15) is 81.1 Å². The Hall–Kier alpha value is -1.39. The maximum atomic E-state index is 11.1. The third kappa shape index (κ3) is 23.7. The van der Waals surface area contributed by atoms with Crippen LogP contribution in [0.2, 0.25) is 0 Å². The van der Waals surface area contributed by atoms with Gasteiger partial charge in [-0.15, -0.1) is 0 Å². The fourth-order valence-electron chi connectivity index (χ4n) is 1.33. The summed E-state index contributed by atoms with van der Waals surface area (Å²) in [6.45, 7) is 12.5. The number of amides is 3. The summed E-state index contributed by atoms with van der Waals surface area (Å²) in [6.07, 6.45) is 3.84. The van der Waals surface area contributed by atoms with E-state index in [4.69, 9.17) is 0 Å². The smallest absolute Gasteiger partial charge is 0.226 e. The Morgan fingerprint density at radius 3 is 1.82 bits per heavy atom. The summed E-state index contributed by atoms with van der Waals surface area (Å²) >= 11 is 0. The van der Waals surface area contributed by atoms with Crippen LogP contribution in [0, 0.1) is 5.41 Å². The van der Waals surface area contributed by atoms with Crippen molar-refractivity contribution in [2.24, 2.45) is 5.41 Å². The summed E-state index contributed by atoms with van der Waals surface area (Å²) < 4.78 is 0. The number of hydrogen-bond acceptors (Lipinski definition) is 3. The van der Waals surface area contributed by atoms with Gasteiger partial charge in [0.05, 0.1) is 0 Å². The number of carbonyl (C=O) groups is 3. The van der Waals surface area contributed by atoms with Gasteiger partial charge >= 0.3 is 0 Å². The van der Waals surface area contributed by atoms with Gasteiger partial charge in [-0.1, -0.05) is 42.0 Å². The van der Waals surface area contributed by atoms with Crippen molar-refractivity contribution in [1.29, 1.82) is 0 Å². The van der Waals surface area contributed by atoms with Gasteiger partial charge in [0.25, 0.3) is 0 Å². The van der Waals surface area contributed by atoms with E-state index in [1.807, 2.05) is 6.92 Å². The first-order valence-electron chi connectivity index (χ1n) is 7.69. The monoisotopic (exact) mass is 316 g/mol. The minimum Gasteiger partial charge on any atom is -0.356 e. The molecule has 0 saturated carbocycles. The highest BCUT2D eigenvalue weighted by Gasteiger charge is 2.12. The maximum absolute atomic E-state index is 11.1. The van der Waals surface area contributed by atoms with Crippen LogP contribution >= 0.6 is 0 Å². The predicted molar refractivity (Wildman–Crippen MR) is 92.5 cm³/mol. The number of nitrogens with one attached hydrogen (secondary N) is 2. The summed E-state index contributed by atoms with van der Waals surface area (Å²) in [5.41, 5.74) is 0.267. The lowest BCUT2D eigenvalue weighted by Crippen LogP contribution is -2.27. The molecule has 5 heteroatoms. The van der Waals surface area contributed by atoms with Gasteiger partial charge in [-0.25, -0.2) is 0 Å². The van der Waals surface area contributed by atoms with E-state index in [9.17, 15) is 14.4 Å². The van der Waals surface area contributed by atoms with Gasteiger partial charge in [-0.3, -0.25) is 19.7 Å². The lowest BCUT2D eigenvalue weighted by atomic mass is 9.90. The van der Waals surface area contributed by atoms with Crippen LogP contribution in [0.5, 0.6) is 0 Å². The van der Waals surface area contributed by atoms with Gasteiger partial charge in [0.15, 0.2) is 0 Å². The Labute approximate surface area is 136 Å². The third-order valence-electron chi connectivity index (χ3n) is 2.47. The van der Waals surface area contributed by atoms with E-state index >= 15 is 0 Å². The number of imide groups is 1. The quantitative estimate of drug-likeness (QED) is 0.788. The van der Waals surface area contributed by atoms with Crippen LogP contribution in [0.3, 0.4) is 0 Å². The Bertz CT molecular complexity index is 320. The van der Waals surface area contributed by atoms with Crippen LogP contribution in [0.15, 0.2) is 0 Å². The molecule has 0 radical (unpaired) electrons. The van der Waals surface area contributed by atoms with Crippen molar-refractivity contribution in [3.8, 4) is 0 Å². The minimum atomic E-state index is -0.284. The normalized spacial score (nSPS) is 9.73. The molecule has 0 saturated heterocycles. The van der Waals surface area contributed by atoms with Gasteiger partial charge in [-0.2, -0.15) is 0 Å². The molecule has 0 atom stereocenters. The fourth-order valence-corrected chi connectivity index (χ4v) is 1.33. The molecular formula is C17H36N2O3. The molecule has 0 heterocycles.